The zero-order valence-electron chi connectivity index (χ0n) is 13.7. The van der Waals surface area contributed by atoms with E-state index in [9.17, 15) is 0 Å². The van der Waals surface area contributed by atoms with Gasteiger partial charge in [0, 0.05) is 12.1 Å². The van der Waals surface area contributed by atoms with Gasteiger partial charge < -0.3 is 5.32 Å². The lowest BCUT2D eigenvalue weighted by molar-refractivity contribution is 1.15. The molecule has 0 spiro atoms. The van der Waals surface area contributed by atoms with Crippen LogP contribution in [0.5, 0.6) is 0 Å². The second kappa shape index (κ2) is 6.48. The summed E-state index contributed by atoms with van der Waals surface area (Å²) < 4.78 is 1.24. The highest BCUT2D eigenvalue weighted by molar-refractivity contribution is 7.18. The largest absolute Gasteiger partial charge is 0.340 e. The van der Waals surface area contributed by atoms with Gasteiger partial charge in [-0.05, 0) is 41.3 Å². The minimum Gasteiger partial charge on any atom is -0.340 e. The highest BCUT2D eigenvalue weighted by atomic mass is 32.1. The van der Waals surface area contributed by atoms with Gasteiger partial charge in [-0.1, -0.05) is 24.3 Å². The molecule has 126 valence electrons. The summed E-state index contributed by atoms with van der Waals surface area (Å²) in [6.07, 6.45) is 2.45. The van der Waals surface area contributed by atoms with Crippen LogP contribution in [-0.2, 0) is 6.42 Å². The minimum absolute atomic E-state index is 0.843. The maximum Gasteiger partial charge on any atom is 0.142 e. The van der Waals surface area contributed by atoms with Gasteiger partial charge in [0.15, 0.2) is 0 Å². The van der Waals surface area contributed by atoms with Gasteiger partial charge in [0.2, 0.25) is 0 Å². The van der Waals surface area contributed by atoms with Crippen molar-refractivity contribution >= 4 is 54.6 Å². The molecule has 4 nitrogen and oxygen atoms in total. The standard InChI is InChI=1S/C20H14N4S2/c1-2-4-17-16(3-1)24-18(26-17)11-13-5-7-14(8-6-13)23-19-15-9-10-25-20(15)22-12-21-19/h1-10,12H,11H2,(H,21,22,23). The van der Waals surface area contributed by atoms with Crippen molar-refractivity contribution in [2.75, 3.05) is 5.32 Å². The fourth-order valence-corrected chi connectivity index (χ4v) is 4.64. The van der Waals surface area contributed by atoms with Crippen LogP contribution in [0.4, 0.5) is 11.5 Å². The topological polar surface area (TPSA) is 50.7 Å². The van der Waals surface area contributed by atoms with E-state index in [1.807, 2.05) is 17.5 Å². The molecule has 0 aliphatic carbocycles. The molecule has 1 N–H and O–H groups in total. The maximum absolute atomic E-state index is 4.71. The third kappa shape index (κ3) is 2.94. The first-order chi connectivity index (χ1) is 12.8. The molecule has 0 bridgehead atoms. The predicted octanol–water partition coefficient (Wildman–Crippen LogP) is 5.64. The minimum atomic E-state index is 0.843. The van der Waals surface area contributed by atoms with Gasteiger partial charge in [-0.2, -0.15) is 0 Å². The van der Waals surface area contributed by atoms with Crippen molar-refractivity contribution in [3.05, 3.63) is 76.9 Å². The second-order valence-electron chi connectivity index (χ2n) is 5.94. The molecule has 6 heteroatoms. The summed E-state index contributed by atoms with van der Waals surface area (Å²) in [7, 11) is 0. The van der Waals surface area contributed by atoms with Crippen LogP contribution in [-0.4, -0.2) is 15.0 Å². The molecule has 26 heavy (non-hydrogen) atoms. The van der Waals surface area contributed by atoms with Crippen molar-refractivity contribution in [1.82, 2.24) is 15.0 Å². The monoisotopic (exact) mass is 374 g/mol. The van der Waals surface area contributed by atoms with Crippen LogP contribution in [0.25, 0.3) is 20.4 Å². The van der Waals surface area contributed by atoms with Crippen LogP contribution in [0.3, 0.4) is 0 Å². The molecule has 5 rings (SSSR count). The SMILES string of the molecule is c1ccc2sc(Cc3ccc(Nc4ncnc5sccc45)cc3)nc2c1. The van der Waals surface area contributed by atoms with E-state index in [0.29, 0.717) is 0 Å². The van der Waals surface area contributed by atoms with Crippen LogP contribution >= 0.6 is 22.7 Å². The van der Waals surface area contributed by atoms with Gasteiger partial charge in [-0.3, -0.25) is 0 Å². The Kier molecular flexibility index (Phi) is 3.84. The molecular weight excluding hydrogens is 360 g/mol. The van der Waals surface area contributed by atoms with E-state index in [2.05, 4.69) is 57.7 Å². The molecule has 0 aliphatic rings. The Labute approximate surface area is 158 Å². The summed E-state index contributed by atoms with van der Waals surface area (Å²) in [5.74, 6) is 0.843. The number of fused-ring (bicyclic) bond motifs is 2. The first-order valence-electron chi connectivity index (χ1n) is 8.24. The summed E-state index contributed by atoms with van der Waals surface area (Å²) >= 11 is 3.38. The Bertz CT molecular complexity index is 1160. The normalized spacial score (nSPS) is 11.2. The lowest BCUT2D eigenvalue weighted by Gasteiger charge is -2.07. The molecule has 0 saturated heterocycles. The van der Waals surface area contributed by atoms with E-state index >= 15 is 0 Å². The van der Waals surface area contributed by atoms with Crippen molar-refractivity contribution in [3.63, 3.8) is 0 Å². The van der Waals surface area contributed by atoms with Crippen LogP contribution in [0.2, 0.25) is 0 Å². The molecule has 3 heterocycles. The van der Waals surface area contributed by atoms with Crippen molar-refractivity contribution < 1.29 is 0 Å². The molecule has 0 fully saturated rings. The molecule has 0 atom stereocenters. The number of anilines is 2. The molecule has 0 amide bonds. The van der Waals surface area contributed by atoms with Crippen LogP contribution in [0.15, 0.2) is 66.3 Å². The number of benzene rings is 2. The third-order valence-corrected chi connectivity index (χ3v) is 6.03. The molecule has 0 aliphatic heterocycles. The van der Waals surface area contributed by atoms with Gasteiger partial charge in [-0.15, -0.1) is 22.7 Å². The quantitative estimate of drug-likeness (QED) is 0.442. The summed E-state index contributed by atoms with van der Waals surface area (Å²) in [4.78, 5) is 14.4. The van der Waals surface area contributed by atoms with E-state index in [0.717, 1.165) is 38.7 Å². The van der Waals surface area contributed by atoms with Gasteiger partial charge in [0.05, 0.1) is 20.6 Å². The fourth-order valence-electron chi connectivity index (χ4n) is 2.90. The highest BCUT2D eigenvalue weighted by Gasteiger charge is 2.07. The number of thiazole rings is 1. The van der Waals surface area contributed by atoms with E-state index in [-0.39, 0.29) is 0 Å². The zero-order valence-corrected chi connectivity index (χ0v) is 15.3. The maximum atomic E-state index is 4.71. The number of para-hydroxylation sites is 1. The molecule has 0 unspecified atom stereocenters. The van der Waals surface area contributed by atoms with Gasteiger partial charge in [0.25, 0.3) is 0 Å². The van der Waals surface area contributed by atoms with Crippen molar-refractivity contribution in [3.8, 4) is 0 Å². The van der Waals surface area contributed by atoms with Crippen LogP contribution in [0, 0.1) is 0 Å². The second-order valence-corrected chi connectivity index (χ2v) is 7.95. The zero-order chi connectivity index (χ0) is 17.3. The first-order valence-corrected chi connectivity index (χ1v) is 9.93. The number of hydrogen-bond acceptors (Lipinski definition) is 6. The summed E-state index contributed by atoms with van der Waals surface area (Å²) in [6.45, 7) is 0. The predicted molar refractivity (Wildman–Crippen MR) is 110 cm³/mol. The van der Waals surface area contributed by atoms with Crippen molar-refractivity contribution in [1.29, 1.82) is 0 Å². The molecule has 0 radical (unpaired) electrons. The molecule has 0 saturated carbocycles. The lowest BCUT2D eigenvalue weighted by Crippen LogP contribution is -1.95. The molecule has 2 aromatic carbocycles. The van der Waals surface area contributed by atoms with E-state index in [1.54, 1.807) is 29.0 Å². The van der Waals surface area contributed by atoms with Gasteiger partial charge in [-0.25, -0.2) is 15.0 Å². The number of aromatic nitrogens is 3. The summed E-state index contributed by atoms with van der Waals surface area (Å²) in [6, 6.07) is 18.8. The summed E-state index contributed by atoms with van der Waals surface area (Å²) in [5.41, 5.74) is 3.34. The van der Waals surface area contributed by atoms with Crippen molar-refractivity contribution in [2.24, 2.45) is 0 Å². The number of nitrogens with zero attached hydrogens (tertiary/aromatic N) is 3. The molecular formula is C20H14N4S2. The fraction of sp³-hybridized carbons (Fsp3) is 0.0500. The highest BCUT2D eigenvalue weighted by Crippen LogP contribution is 2.27. The number of thiophene rings is 1. The van der Waals surface area contributed by atoms with Crippen LogP contribution in [0.1, 0.15) is 10.6 Å². The molecule has 5 aromatic rings. The third-order valence-electron chi connectivity index (χ3n) is 4.17. The Morgan fingerprint density at radius 3 is 2.69 bits per heavy atom. The van der Waals surface area contributed by atoms with Gasteiger partial charge >= 0.3 is 0 Å². The number of rotatable bonds is 4. The summed E-state index contributed by atoms with van der Waals surface area (Å²) in [5, 5.41) is 7.61. The Morgan fingerprint density at radius 2 is 1.81 bits per heavy atom. The van der Waals surface area contributed by atoms with E-state index in [1.165, 1.54) is 10.3 Å². The number of hydrogen-bond donors (Lipinski definition) is 1. The Balaban J connectivity index is 1.36. The van der Waals surface area contributed by atoms with E-state index in [4.69, 9.17) is 4.98 Å². The average Bonchev–Trinajstić information content (AvgIpc) is 3.30. The van der Waals surface area contributed by atoms with Crippen LogP contribution < -0.4 is 5.32 Å². The van der Waals surface area contributed by atoms with Crippen molar-refractivity contribution in [2.45, 2.75) is 6.42 Å². The Hall–Kier alpha value is -2.83. The smallest absolute Gasteiger partial charge is 0.142 e. The number of nitrogens with one attached hydrogen (secondary N) is 1. The average molecular weight is 374 g/mol. The first kappa shape index (κ1) is 15.4. The van der Waals surface area contributed by atoms with E-state index < -0.39 is 0 Å². The molecule has 3 aromatic heterocycles. The lowest BCUT2D eigenvalue weighted by atomic mass is 10.1. The van der Waals surface area contributed by atoms with Gasteiger partial charge in [0.1, 0.15) is 17.0 Å². The Morgan fingerprint density at radius 1 is 0.923 bits per heavy atom.